The van der Waals surface area contributed by atoms with Gasteiger partial charge in [0.2, 0.25) is 15.9 Å². The Morgan fingerprint density at radius 2 is 1.66 bits per heavy atom. The molecule has 1 aliphatic rings. The van der Waals surface area contributed by atoms with Crippen LogP contribution in [0.25, 0.3) is 0 Å². The number of ether oxygens (including phenoxy) is 1. The molecule has 1 amide bonds. The van der Waals surface area contributed by atoms with Crippen molar-refractivity contribution in [1.29, 1.82) is 0 Å². The predicted molar refractivity (Wildman–Crippen MR) is 119 cm³/mol. The Bertz CT molecular complexity index is 1120. The standard InChI is InChI=1S/C23H26N2O6S/c1-16-6-11-20(32(29,30)25-12-4-3-5-13-25)14-21(16)23(28)31-15-22(27)18-7-9-19(10-8-18)24-17(2)26/h6-11,14H,3-5,12-13,15H2,1-2H3,(H,24,26). The molecule has 32 heavy (non-hydrogen) atoms. The summed E-state index contributed by atoms with van der Waals surface area (Å²) >= 11 is 0. The molecule has 1 N–H and O–H groups in total. The van der Waals surface area contributed by atoms with E-state index in [1.807, 2.05) is 0 Å². The summed E-state index contributed by atoms with van der Waals surface area (Å²) in [6.07, 6.45) is 2.63. The van der Waals surface area contributed by atoms with Crippen LogP contribution < -0.4 is 5.32 Å². The van der Waals surface area contributed by atoms with E-state index in [1.165, 1.54) is 35.5 Å². The van der Waals surface area contributed by atoms with E-state index in [1.54, 1.807) is 25.1 Å². The number of sulfonamides is 1. The number of rotatable bonds is 7. The van der Waals surface area contributed by atoms with Gasteiger partial charge < -0.3 is 10.1 Å². The van der Waals surface area contributed by atoms with Crippen LogP contribution in [0.3, 0.4) is 0 Å². The summed E-state index contributed by atoms with van der Waals surface area (Å²) in [5, 5.41) is 2.60. The number of carbonyl (C=O) groups excluding carboxylic acids is 3. The maximum absolute atomic E-state index is 12.9. The lowest BCUT2D eigenvalue weighted by molar-refractivity contribution is -0.114. The van der Waals surface area contributed by atoms with E-state index < -0.39 is 28.4 Å². The first-order valence-corrected chi connectivity index (χ1v) is 11.8. The molecule has 0 aromatic heterocycles. The Hall–Kier alpha value is -3.04. The largest absolute Gasteiger partial charge is 0.454 e. The van der Waals surface area contributed by atoms with E-state index in [2.05, 4.69) is 5.32 Å². The second kappa shape index (κ2) is 10.1. The van der Waals surface area contributed by atoms with Crippen molar-refractivity contribution in [1.82, 2.24) is 4.31 Å². The molecule has 0 spiro atoms. The van der Waals surface area contributed by atoms with Gasteiger partial charge in [0, 0.05) is 31.3 Å². The lowest BCUT2D eigenvalue weighted by Gasteiger charge is -2.26. The number of aryl methyl sites for hydroxylation is 1. The van der Waals surface area contributed by atoms with Crippen LogP contribution in [0.5, 0.6) is 0 Å². The number of anilines is 1. The molecule has 1 fully saturated rings. The van der Waals surface area contributed by atoms with Crippen LogP contribution in [0.1, 0.15) is 52.5 Å². The maximum Gasteiger partial charge on any atom is 0.338 e. The third kappa shape index (κ3) is 5.60. The summed E-state index contributed by atoms with van der Waals surface area (Å²) in [5.41, 5.74) is 1.54. The van der Waals surface area contributed by atoms with Crippen LogP contribution in [0.4, 0.5) is 5.69 Å². The van der Waals surface area contributed by atoms with Crippen LogP contribution in [-0.4, -0.2) is 50.1 Å². The summed E-state index contributed by atoms with van der Waals surface area (Å²) in [6.45, 7) is 3.50. The van der Waals surface area contributed by atoms with Crippen molar-refractivity contribution in [2.75, 3.05) is 25.0 Å². The molecule has 170 valence electrons. The number of nitrogens with one attached hydrogen (secondary N) is 1. The Balaban J connectivity index is 1.69. The number of Topliss-reactive ketones (excluding diaryl/α,β-unsaturated/α-hetero) is 1. The minimum absolute atomic E-state index is 0.0387. The summed E-state index contributed by atoms with van der Waals surface area (Å²) in [6, 6.07) is 10.6. The quantitative estimate of drug-likeness (QED) is 0.504. The summed E-state index contributed by atoms with van der Waals surface area (Å²) in [4.78, 5) is 36.1. The number of ketones is 1. The van der Waals surface area contributed by atoms with Crippen LogP contribution in [0, 0.1) is 6.92 Å². The first kappa shape index (κ1) is 23.6. The van der Waals surface area contributed by atoms with Crippen LogP contribution >= 0.6 is 0 Å². The van der Waals surface area contributed by atoms with Gasteiger partial charge in [0.25, 0.3) is 0 Å². The summed E-state index contributed by atoms with van der Waals surface area (Å²) in [7, 11) is -3.69. The van der Waals surface area contributed by atoms with Crippen LogP contribution in [0.2, 0.25) is 0 Å². The second-order valence-electron chi connectivity index (χ2n) is 7.70. The zero-order chi connectivity index (χ0) is 23.3. The lowest BCUT2D eigenvalue weighted by Crippen LogP contribution is -2.35. The fourth-order valence-electron chi connectivity index (χ4n) is 3.47. The minimum Gasteiger partial charge on any atom is -0.454 e. The van der Waals surface area contributed by atoms with Crippen molar-refractivity contribution in [3.05, 3.63) is 59.2 Å². The van der Waals surface area contributed by atoms with Crippen molar-refractivity contribution in [2.45, 2.75) is 38.0 Å². The molecule has 0 atom stereocenters. The maximum atomic E-state index is 12.9. The molecule has 1 aliphatic heterocycles. The monoisotopic (exact) mass is 458 g/mol. The molecule has 0 radical (unpaired) electrons. The van der Waals surface area contributed by atoms with E-state index in [0.717, 1.165) is 19.3 Å². The van der Waals surface area contributed by atoms with Crippen molar-refractivity contribution in [3.8, 4) is 0 Å². The molecule has 9 heteroatoms. The number of piperidine rings is 1. The van der Waals surface area contributed by atoms with E-state index >= 15 is 0 Å². The summed E-state index contributed by atoms with van der Waals surface area (Å²) in [5.74, 6) is -1.40. The van der Waals surface area contributed by atoms with Crippen molar-refractivity contribution in [3.63, 3.8) is 0 Å². The number of amides is 1. The van der Waals surface area contributed by atoms with E-state index in [0.29, 0.717) is 29.9 Å². The average molecular weight is 459 g/mol. The molecule has 2 aromatic rings. The molecule has 1 saturated heterocycles. The highest BCUT2D eigenvalue weighted by molar-refractivity contribution is 7.89. The third-order valence-electron chi connectivity index (χ3n) is 5.24. The molecule has 2 aromatic carbocycles. The predicted octanol–water partition coefficient (Wildman–Crippen LogP) is 3.17. The van der Waals surface area contributed by atoms with Gasteiger partial charge in [0.1, 0.15) is 0 Å². The third-order valence-corrected chi connectivity index (χ3v) is 7.14. The van der Waals surface area contributed by atoms with Gasteiger partial charge in [0.05, 0.1) is 10.5 Å². The topological polar surface area (TPSA) is 110 Å². The van der Waals surface area contributed by atoms with E-state index in [4.69, 9.17) is 4.74 Å². The first-order valence-electron chi connectivity index (χ1n) is 10.4. The fraction of sp³-hybridized carbons (Fsp3) is 0.348. The SMILES string of the molecule is CC(=O)Nc1ccc(C(=O)COC(=O)c2cc(S(=O)(=O)N3CCCCC3)ccc2C)cc1. The zero-order valence-electron chi connectivity index (χ0n) is 18.1. The highest BCUT2D eigenvalue weighted by Crippen LogP contribution is 2.23. The van der Waals surface area contributed by atoms with Gasteiger partial charge in [-0.15, -0.1) is 0 Å². The average Bonchev–Trinajstić information content (AvgIpc) is 2.78. The zero-order valence-corrected chi connectivity index (χ0v) is 18.9. The molecular formula is C23H26N2O6S. The highest BCUT2D eigenvalue weighted by atomic mass is 32.2. The van der Waals surface area contributed by atoms with Gasteiger partial charge in [-0.05, 0) is 61.7 Å². The number of esters is 1. The van der Waals surface area contributed by atoms with Gasteiger partial charge in [0.15, 0.2) is 12.4 Å². The number of nitrogens with zero attached hydrogens (tertiary/aromatic N) is 1. The minimum atomic E-state index is -3.69. The van der Waals surface area contributed by atoms with E-state index in [-0.39, 0.29) is 16.4 Å². The Morgan fingerprint density at radius 1 is 1.00 bits per heavy atom. The van der Waals surface area contributed by atoms with Gasteiger partial charge in [-0.1, -0.05) is 12.5 Å². The Morgan fingerprint density at radius 3 is 2.28 bits per heavy atom. The summed E-state index contributed by atoms with van der Waals surface area (Å²) < 4.78 is 32.4. The smallest absolute Gasteiger partial charge is 0.338 e. The molecule has 1 heterocycles. The van der Waals surface area contributed by atoms with E-state index in [9.17, 15) is 22.8 Å². The normalized spacial score (nSPS) is 14.6. The molecule has 0 bridgehead atoms. The number of hydrogen-bond donors (Lipinski definition) is 1. The Kier molecular flexibility index (Phi) is 7.42. The van der Waals surface area contributed by atoms with Crippen molar-refractivity contribution in [2.24, 2.45) is 0 Å². The lowest BCUT2D eigenvalue weighted by atomic mass is 10.1. The first-order chi connectivity index (χ1) is 15.2. The Labute approximate surface area is 187 Å². The number of carbonyl (C=O) groups is 3. The number of benzene rings is 2. The van der Waals surface area contributed by atoms with Crippen LogP contribution in [-0.2, 0) is 19.6 Å². The molecular weight excluding hydrogens is 432 g/mol. The van der Waals surface area contributed by atoms with Gasteiger partial charge >= 0.3 is 5.97 Å². The van der Waals surface area contributed by atoms with Gasteiger partial charge in [-0.25, -0.2) is 13.2 Å². The van der Waals surface area contributed by atoms with Gasteiger partial charge in [-0.3, -0.25) is 9.59 Å². The molecule has 0 unspecified atom stereocenters. The molecule has 0 saturated carbocycles. The molecule has 3 rings (SSSR count). The van der Waals surface area contributed by atoms with Crippen molar-refractivity contribution >= 4 is 33.4 Å². The second-order valence-corrected chi connectivity index (χ2v) is 9.64. The van der Waals surface area contributed by atoms with Crippen LogP contribution in [0.15, 0.2) is 47.4 Å². The number of hydrogen-bond acceptors (Lipinski definition) is 6. The molecule has 8 nitrogen and oxygen atoms in total. The van der Waals surface area contributed by atoms with Crippen molar-refractivity contribution < 1.29 is 27.5 Å². The highest BCUT2D eigenvalue weighted by Gasteiger charge is 2.27. The molecule has 0 aliphatic carbocycles. The fourth-order valence-corrected chi connectivity index (χ4v) is 5.01. The van der Waals surface area contributed by atoms with Gasteiger partial charge in [-0.2, -0.15) is 4.31 Å².